The highest BCUT2D eigenvalue weighted by molar-refractivity contribution is 6.38. The topological polar surface area (TPSA) is 100 Å². The third-order valence-corrected chi connectivity index (χ3v) is 4.49. The fourth-order valence-electron chi connectivity index (χ4n) is 3.15. The van der Waals surface area contributed by atoms with Gasteiger partial charge in [0.25, 0.3) is 0 Å². The van der Waals surface area contributed by atoms with Crippen LogP contribution in [0.15, 0.2) is 53.6 Å². The van der Waals surface area contributed by atoms with Crippen LogP contribution >= 0.6 is 0 Å². The van der Waals surface area contributed by atoms with E-state index in [-0.39, 0.29) is 30.6 Å². The van der Waals surface area contributed by atoms with Gasteiger partial charge in [-0.15, -0.1) is 0 Å². The fourth-order valence-corrected chi connectivity index (χ4v) is 3.15. The summed E-state index contributed by atoms with van der Waals surface area (Å²) < 4.78 is 5.06. The zero-order chi connectivity index (χ0) is 21.7. The van der Waals surface area contributed by atoms with E-state index in [9.17, 15) is 14.4 Å². The van der Waals surface area contributed by atoms with Crippen LogP contribution in [0.25, 0.3) is 0 Å². The summed E-state index contributed by atoms with van der Waals surface area (Å²) in [6, 6.07) is 13.8. The van der Waals surface area contributed by atoms with Crippen molar-refractivity contribution in [2.75, 3.05) is 22.2 Å². The summed E-state index contributed by atoms with van der Waals surface area (Å²) in [6.45, 7) is 5.23. The summed E-state index contributed by atoms with van der Waals surface area (Å²) in [5.41, 5.74) is 2.77. The molecule has 0 spiro atoms. The molecule has 0 saturated carbocycles. The summed E-state index contributed by atoms with van der Waals surface area (Å²) in [6.07, 6.45) is 0.112. The van der Waals surface area contributed by atoms with Crippen molar-refractivity contribution in [3.8, 4) is 0 Å². The standard InChI is InChI=1S/C22H24N4O4/c1-4-30-22(29)19-13-20(26(25-19)16-8-6-5-7-9-16)21(28)24-18-12-14(2)10-11-17(18)23-15(3)27/h5-12,20H,4,13H2,1-3H3,(H,23,27)(H,24,28). The molecular weight excluding hydrogens is 384 g/mol. The molecule has 0 fully saturated rings. The molecule has 0 aliphatic carbocycles. The van der Waals surface area contributed by atoms with Gasteiger partial charge in [-0.05, 0) is 43.7 Å². The second kappa shape index (κ2) is 9.21. The number of benzene rings is 2. The first-order valence-electron chi connectivity index (χ1n) is 9.67. The van der Waals surface area contributed by atoms with E-state index < -0.39 is 12.0 Å². The second-order valence-corrected chi connectivity index (χ2v) is 6.89. The molecule has 8 nitrogen and oxygen atoms in total. The molecular formula is C22H24N4O4. The highest BCUT2D eigenvalue weighted by Gasteiger charge is 2.37. The van der Waals surface area contributed by atoms with Crippen LogP contribution in [0.2, 0.25) is 0 Å². The third-order valence-electron chi connectivity index (χ3n) is 4.49. The molecule has 2 amide bonds. The quantitative estimate of drug-likeness (QED) is 0.716. The Balaban J connectivity index is 1.88. The highest BCUT2D eigenvalue weighted by atomic mass is 16.5. The molecule has 2 aromatic rings. The molecule has 0 radical (unpaired) electrons. The van der Waals surface area contributed by atoms with Crippen molar-refractivity contribution >= 4 is 40.6 Å². The van der Waals surface area contributed by atoms with E-state index in [1.54, 1.807) is 19.1 Å². The van der Waals surface area contributed by atoms with Crippen molar-refractivity contribution in [1.82, 2.24) is 0 Å². The molecule has 1 unspecified atom stereocenters. The minimum absolute atomic E-state index is 0.112. The third kappa shape index (κ3) is 4.83. The SMILES string of the molecule is CCOC(=O)C1=NN(c2ccccc2)C(C(=O)Nc2cc(C)ccc2NC(C)=O)C1. The molecule has 3 rings (SSSR count). The first-order valence-corrected chi connectivity index (χ1v) is 9.67. The van der Waals surface area contributed by atoms with Gasteiger partial charge in [-0.25, -0.2) is 4.79 Å². The second-order valence-electron chi connectivity index (χ2n) is 6.89. The van der Waals surface area contributed by atoms with Crippen LogP contribution in [0, 0.1) is 6.92 Å². The largest absolute Gasteiger partial charge is 0.461 e. The number of hydrazone groups is 1. The number of rotatable bonds is 6. The number of hydrogen-bond acceptors (Lipinski definition) is 6. The Labute approximate surface area is 174 Å². The van der Waals surface area contributed by atoms with Crippen molar-refractivity contribution < 1.29 is 19.1 Å². The van der Waals surface area contributed by atoms with E-state index in [0.29, 0.717) is 17.1 Å². The number of amides is 2. The minimum atomic E-state index is -0.738. The normalized spacial score (nSPS) is 15.4. The molecule has 2 aromatic carbocycles. The molecule has 1 aliphatic heterocycles. The number of carbonyl (C=O) groups excluding carboxylic acids is 3. The molecule has 1 aliphatic rings. The van der Waals surface area contributed by atoms with Crippen LogP contribution < -0.4 is 15.6 Å². The maximum atomic E-state index is 13.2. The van der Waals surface area contributed by atoms with Crippen LogP contribution in [0.5, 0.6) is 0 Å². The van der Waals surface area contributed by atoms with Crippen LogP contribution in [-0.2, 0) is 19.1 Å². The predicted molar refractivity (Wildman–Crippen MR) is 116 cm³/mol. The maximum Gasteiger partial charge on any atom is 0.354 e. The number of nitrogens with one attached hydrogen (secondary N) is 2. The Hall–Kier alpha value is -3.68. The number of para-hydroxylation sites is 1. The molecule has 1 atom stereocenters. The molecule has 1 heterocycles. The molecule has 2 N–H and O–H groups in total. The van der Waals surface area contributed by atoms with Gasteiger partial charge in [0.15, 0.2) is 0 Å². The molecule has 0 saturated heterocycles. The predicted octanol–water partition coefficient (Wildman–Crippen LogP) is 3.09. The number of esters is 1. The fraction of sp³-hybridized carbons (Fsp3) is 0.273. The summed E-state index contributed by atoms with van der Waals surface area (Å²) in [7, 11) is 0. The number of ether oxygens (including phenoxy) is 1. The average molecular weight is 408 g/mol. The van der Waals surface area contributed by atoms with Crippen molar-refractivity contribution in [2.24, 2.45) is 5.10 Å². The first kappa shape index (κ1) is 21.0. The van der Waals surface area contributed by atoms with Gasteiger partial charge in [0.2, 0.25) is 11.8 Å². The van der Waals surface area contributed by atoms with E-state index in [1.165, 1.54) is 11.9 Å². The van der Waals surface area contributed by atoms with Crippen LogP contribution in [-0.4, -0.2) is 36.1 Å². The number of hydrogen-bond donors (Lipinski definition) is 2. The lowest BCUT2D eigenvalue weighted by atomic mass is 10.1. The Morgan fingerprint density at radius 3 is 2.50 bits per heavy atom. The van der Waals surface area contributed by atoms with Crippen LogP contribution in [0.1, 0.15) is 25.8 Å². The van der Waals surface area contributed by atoms with Crippen molar-refractivity contribution in [1.29, 1.82) is 0 Å². The van der Waals surface area contributed by atoms with E-state index in [4.69, 9.17) is 4.74 Å². The Morgan fingerprint density at radius 1 is 1.10 bits per heavy atom. The van der Waals surface area contributed by atoms with Gasteiger partial charge in [0, 0.05) is 13.3 Å². The monoisotopic (exact) mass is 408 g/mol. The van der Waals surface area contributed by atoms with Crippen molar-refractivity contribution in [3.05, 3.63) is 54.1 Å². The summed E-state index contributed by atoms with van der Waals surface area (Å²) in [5, 5.41) is 11.5. The molecule has 0 bridgehead atoms. The Bertz CT molecular complexity index is 988. The Morgan fingerprint density at radius 2 is 1.83 bits per heavy atom. The minimum Gasteiger partial charge on any atom is -0.461 e. The van der Waals surface area contributed by atoms with E-state index in [0.717, 1.165) is 5.56 Å². The van der Waals surface area contributed by atoms with Gasteiger partial charge in [-0.3, -0.25) is 14.6 Å². The highest BCUT2D eigenvalue weighted by Crippen LogP contribution is 2.28. The summed E-state index contributed by atoms with van der Waals surface area (Å²) in [4.78, 5) is 36.9. The van der Waals surface area contributed by atoms with Gasteiger partial charge < -0.3 is 15.4 Å². The summed E-state index contributed by atoms with van der Waals surface area (Å²) in [5.74, 6) is -1.13. The molecule has 0 aromatic heterocycles. The van der Waals surface area contributed by atoms with E-state index in [1.807, 2.05) is 43.3 Å². The van der Waals surface area contributed by atoms with Crippen LogP contribution in [0.4, 0.5) is 17.1 Å². The maximum absolute atomic E-state index is 13.2. The molecule has 8 heteroatoms. The van der Waals surface area contributed by atoms with Crippen LogP contribution in [0.3, 0.4) is 0 Å². The summed E-state index contributed by atoms with van der Waals surface area (Å²) >= 11 is 0. The van der Waals surface area contributed by atoms with Gasteiger partial charge >= 0.3 is 5.97 Å². The van der Waals surface area contributed by atoms with Gasteiger partial charge in [0.05, 0.1) is 23.7 Å². The van der Waals surface area contributed by atoms with Gasteiger partial charge in [-0.2, -0.15) is 5.10 Å². The van der Waals surface area contributed by atoms with Crippen molar-refractivity contribution in [3.63, 3.8) is 0 Å². The first-order chi connectivity index (χ1) is 14.4. The number of aryl methyl sites for hydroxylation is 1. The zero-order valence-electron chi connectivity index (χ0n) is 17.1. The zero-order valence-corrected chi connectivity index (χ0v) is 17.1. The lowest BCUT2D eigenvalue weighted by Gasteiger charge is -2.23. The smallest absolute Gasteiger partial charge is 0.354 e. The molecule has 156 valence electrons. The number of anilines is 3. The van der Waals surface area contributed by atoms with Crippen molar-refractivity contribution in [2.45, 2.75) is 33.2 Å². The molecule has 30 heavy (non-hydrogen) atoms. The van der Waals surface area contributed by atoms with E-state index >= 15 is 0 Å². The number of nitrogens with zero attached hydrogens (tertiary/aromatic N) is 2. The average Bonchev–Trinajstić information content (AvgIpc) is 3.16. The number of carbonyl (C=O) groups is 3. The Kier molecular flexibility index (Phi) is 6.46. The van der Waals surface area contributed by atoms with Gasteiger partial charge in [0.1, 0.15) is 11.8 Å². The lowest BCUT2D eigenvalue weighted by Crippen LogP contribution is -2.39. The lowest BCUT2D eigenvalue weighted by molar-refractivity contribution is -0.135. The van der Waals surface area contributed by atoms with E-state index in [2.05, 4.69) is 15.7 Å². The van der Waals surface area contributed by atoms with Gasteiger partial charge in [-0.1, -0.05) is 24.3 Å².